The van der Waals surface area contributed by atoms with Crippen molar-refractivity contribution >= 4 is 15.9 Å². The first-order chi connectivity index (χ1) is 5.91. The van der Waals surface area contributed by atoms with Crippen molar-refractivity contribution in [3.63, 3.8) is 0 Å². The predicted octanol–water partition coefficient (Wildman–Crippen LogP) is 4.02. The Hall–Kier alpha value is -0.580. The molecule has 0 amide bonds. The molecule has 0 N–H and O–H groups in total. The Kier molecular flexibility index (Phi) is 2.95. The number of halogens is 5. The van der Waals surface area contributed by atoms with Crippen molar-refractivity contribution in [1.82, 2.24) is 0 Å². The number of rotatable bonds is 1. The SMILES string of the molecule is FC(c1ccc(Br)cc1)C(F)(F)F. The van der Waals surface area contributed by atoms with Gasteiger partial charge in [0.2, 0.25) is 6.17 Å². The zero-order valence-corrected chi connectivity index (χ0v) is 7.86. The van der Waals surface area contributed by atoms with Crippen molar-refractivity contribution in [2.75, 3.05) is 0 Å². The van der Waals surface area contributed by atoms with Gasteiger partial charge in [-0.25, -0.2) is 4.39 Å². The first kappa shape index (κ1) is 10.5. The Bertz CT molecular complexity index is 277. The van der Waals surface area contributed by atoms with Gasteiger partial charge in [-0.1, -0.05) is 28.1 Å². The molecule has 1 atom stereocenters. The number of hydrogen-bond acceptors (Lipinski definition) is 0. The van der Waals surface area contributed by atoms with E-state index in [0.717, 1.165) is 12.1 Å². The fourth-order valence-corrected chi connectivity index (χ4v) is 1.09. The molecule has 72 valence electrons. The number of hydrogen-bond donors (Lipinski definition) is 0. The Labute approximate surface area is 80.7 Å². The van der Waals surface area contributed by atoms with E-state index in [-0.39, 0.29) is 5.56 Å². The molecule has 0 aliphatic heterocycles. The third kappa shape index (κ3) is 2.69. The van der Waals surface area contributed by atoms with E-state index < -0.39 is 12.3 Å². The van der Waals surface area contributed by atoms with Crippen LogP contribution < -0.4 is 0 Å². The van der Waals surface area contributed by atoms with Crippen LogP contribution in [0.4, 0.5) is 17.6 Å². The molecule has 0 fully saturated rings. The Balaban J connectivity index is 2.90. The van der Waals surface area contributed by atoms with E-state index in [0.29, 0.717) is 4.47 Å². The second kappa shape index (κ2) is 3.65. The fraction of sp³-hybridized carbons (Fsp3) is 0.250. The van der Waals surface area contributed by atoms with Crippen molar-refractivity contribution in [2.24, 2.45) is 0 Å². The van der Waals surface area contributed by atoms with E-state index in [1.165, 1.54) is 12.1 Å². The summed E-state index contributed by atoms with van der Waals surface area (Å²) in [5.41, 5.74) is -0.379. The molecule has 0 aliphatic rings. The summed E-state index contributed by atoms with van der Waals surface area (Å²) in [7, 11) is 0. The van der Waals surface area contributed by atoms with Gasteiger partial charge < -0.3 is 0 Å². The van der Waals surface area contributed by atoms with E-state index in [2.05, 4.69) is 15.9 Å². The highest BCUT2D eigenvalue weighted by atomic mass is 79.9. The van der Waals surface area contributed by atoms with E-state index in [9.17, 15) is 17.6 Å². The standard InChI is InChI=1S/C8H5BrF4/c9-6-3-1-5(2-4-6)7(10)8(11,12)13/h1-4,7H. The van der Waals surface area contributed by atoms with E-state index in [1.807, 2.05) is 0 Å². The third-order valence-corrected chi connectivity index (χ3v) is 1.98. The van der Waals surface area contributed by atoms with Crippen LogP contribution in [-0.4, -0.2) is 6.18 Å². The first-order valence-corrected chi connectivity index (χ1v) is 4.17. The molecule has 1 rings (SSSR count). The summed E-state index contributed by atoms with van der Waals surface area (Å²) in [4.78, 5) is 0. The van der Waals surface area contributed by atoms with Gasteiger partial charge in [0.15, 0.2) is 0 Å². The van der Waals surface area contributed by atoms with Gasteiger partial charge in [-0.05, 0) is 17.7 Å². The monoisotopic (exact) mass is 256 g/mol. The molecule has 0 aromatic heterocycles. The highest BCUT2D eigenvalue weighted by Gasteiger charge is 2.41. The van der Waals surface area contributed by atoms with Gasteiger partial charge in [-0.3, -0.25) is 0 Å². The lowest BCUT2D eigenvalue weighted by atomic mass is 10.1. The molecule has 0 heterocycles. The average Bonchev–Trinajstić information content (AvgIpc) is 2.03. The summed E-state index contributed by atoms with van der Waals surface area (Å²) in [5, 5.41) is 0. The molecule has 0 spiro atoms. The molecule has 0 aliphatic carbocycles. The number of benzene rings is 1. The van der Waals surface area contributed by atoms with Crippen LogP contribution in [0.3, 0.4) is 0 Å². The van der Waals surface area contributed by atoms with Gasteiger partial charge in [0.1, 0.15) is 0 Å². The lowest BCUT2D eigenvalue weighted by molar-refractivity contribution is -0.182. The minimum absolute atomic E-state index is 0.379. The molecule has 0 saturated heterocycles. The second-order valence-electron chi connectivity index (χ2n) is 2.46. The lowest BCUT2D eigenvalue weighted by Crippen LogP contribution is -2.16. The minimum atomic E-state index is -4.83. The van der Waals surface area contributed by atoms with E-state index >= 15 is 0 Å². The molecule has 1 aromatic carbocycles. The average molecular weight is 257 g/mol. The van der Waals surface area contributed by atoms with Crippen molar-refractivity contribution in [3.05, 3.63) is 34.3 Å². The molecular weight excluding hydrogens is 252 g/mol. The summed E-state index contributed by atoms with van der Waals surface area (Å²) >= 11 is 3.04. The maximum absolute atomic E-state index is 12.6. The molecule has 1 aromatic rings. The Morgan fingerprint density at radius 2 is 1.54 bits per heavy atom. The summed E-state index contributed by atoms with van der Waals surface area (Å²) in [5.74, 6) is 0. The molecule has 0 bridgehead atoms. The van der Waals surface area contributed by atoms with E-state index in [1.54, 1.807) is 0 Å². The molecule has 13 heavy (non-hydrogen) atoms. The summed E-state index contributed by atoms with van der Waals surface area (Å²) in [6.45, 7) is 0. The minimum Gasteiger partial charge on any atom is -0.232 e. The quantitative estimate of drug-likeness (QED) is 0.666. The van der Waals surface area contributed by atoms with Crippen LogP contribution in [-0.2, 0) is 0 Å². The first-order valence-electron chi connectivity index (χ1n) is 3.37. The van der Waals surface area contributed by atoms with Crippen molar-refractivity contribution in [3.8, 4) is 0 Å². The molecular formula is C8H5BrF4. The fourth-order valence-electron chi connectivity index (χ4n) is 0.821. The Morgan fingerprint density at radius 3 is 1.92 bits per heavy atom. The Morgan fingerprint density at radius 1 is 1.08 bits per heavy atom. The van der Waals surface area contributed by atoms with Crippen LogP contribution in [0, 0.1) is 0 Å². The van der Waals surface area contributed by atoms with Crippen LogP contribution in [0.2, 0.25) is 0 Å². The van der Waals surface area contributed by atoms with Crippen molar-refractivity contribution < 1.29 is 17.6 Å². The molecule has 0 nitrogen and oxygen atoms in total. The summed E-state index contributed by atoms with van der Waals surface area (Å²) in [6, 6.07) is 4.94. The highest BCUT2D eigenvalue weighted by molar-refractivity contribution is 9.10. The summed E-state index contributed by atoms with van der Waals surface area (Å²) in [6.07, 6.45) is -7.73. The van der Waals surface area contributed by atoms with Crippen LogP contribution in [0.5, 0.6) is 0 Å². The molecule has 0 saturated carbocycles. The van der Waals surface area contributed by atoms with Crippen LogP contribution >= 0.6 is 15.9 Å². The van der Waals surface area contributed by atoms with Gasteiger partial charge in [-0.2, -0.15) is 13.2 Å². The van der Waals surface area contributed by atoms with Crippen LogP contribution in [0.25, 0.3) is 0 Å². The molecule has 0 radical (unpaired) electrons. The third-order valence-electron chi connectivity index (χ3n) is 1.45. The maximum atomic E-state index is 12.6. The van der Waals surface area contributed by atoms with Crippen LogP contribution in [0.1, 0.15) is 11.7 Å². The highest BCUT2D eigenvalue weighted by Crippen LogP contribution is 2.35. The van der Waals surface area contributed by atoms with Crippen molar-refractivity contribution in [1.29, 1.82) is 0 Å². The van der Waals surface area contributed by atoms with Crippen molar-refractivity contribution in [2.45, 2.75) is 12.3 Å². The summed E-state index contributed by atoms with van der Waals surface area (Å²) < 4.78 is 48.8. The van der Waals surface area contributed by atoms with Gasteiger partial charge in [0.05, 0.1) is 0 Å². The normalized spacial score (nSPS) is 14.2. The smallest absolute Gasteiger partial charge is 0.232 e. The zero-order valence-electron chi connectivity index (χ0n) is 6.28. The van der Waals surface area contributed by atoms with E-state index in [4.69, 9.17) is 0 Å². The largest absolute Gasteiger partial charge is 0.423 e. The zero-order chi connectivity index (χ0) is 10.1. The lowest BCUT2D eigenvalue weighted by Gasteiger charge is -2.11. The van der Waals surface area contributed by atoms with Crippen LogP contribution in [0.15, 0.2) is 28.7 Å². The maximum Gasteiger partial charge on any atom is 0.423 e. The number of alkyl halides is 4. The second-order valence-corrected chi connectivity index (χ2v) is 3.37. The molecule has 5 heteroatoms. The van der Waals surface area contributed by atoms with Gasteiger partial charge in [0, 0.05) is 4.47 Å². The molecule has 1 unspecified atom stereocenters. The predicted molar refractivity (Wildman–Crippen MR) is 44.0 cm³/mol. The van der Waals surface area contributed by atoms with Gasteiger partial charge >= 0.3 is 6.18 Å². The topological polar surface area (TPSA) is 0 Å². The van der Waals surface area contributed by atoms with Gasteiger partial charge in [0.25, 0.3) is 0 Å². The van der Waals surface area contributed by atoms with Gasteiger partial charge in [-0.15, -0.1) is 0 Å².